The number of ketones is 1. The van der Waals surface area contributed by atoms with Crippen LogP contribution in [0.1, 0.15) is 15.9 Å². The molecule has 1 saturated heterocycles. The number of nitrogens with one attached hydrogen (secondary N) is 1. The molecule has 1 aromatic carbocycles. The van der Waals surface area contributed by atoms with E-state index in [0.29, 0.717) is 24.3 Å². The van der Waals surface area contributed by atoms with E-state index in [1.165, 1.54) is 0 Å². The van der Waals surface area contributed by atoms with Crippen molar-refractivity contribution in [3.8, 4) is 6.07 Å². The smallest absolute Gasteiger partial charge is 0.196 e. The van der Waals surface area contributed by atoms with Gasteiger partial charge >= 0.3 is 0 Å². The fourth-order valence-corrected chi connectivity index (χ4v) is 2.21. The van der Waals surface area contributed by atoms with Crippen LogP contribution in [-0.2, 0) is 9.47 Å². The van der Waals surface area contributed by atoms with Crippen LogP contribution in [0, 0.1) is 11.3 Å². The summed E-state index contributed by atoms with van der Waals surface area (Å²) in [5.74, 6) is -0.110. The van der Waals surface area contributed by atoms with Crippen LogP contribution in [0.15, 0.2) is 24.4 Å². The SMILES string of the molecule is N#Cc1ccc2[nH]cc(C(=O)C3COCCO3)c2c1. The summed E-state index contributed by atoms with van der Waals surface area (Å²) in [6.45, 7) is 1.24. The Morgan fingerprint density at radius 1 is 1.42 bits per heavy atom. The summed E-state index contributed by atoms with van der Waals surface area (Å²) in [5, 5.41) is 9.67. The van der Waals surface area contributed by atoms with Crippen LogP contribution >= 0.6 is 0 Å². The Kier molecular flexibility index (Phi) is 3.03. The average molecular weight is 256 g/mol. The second kappa shape index (κ2) is 4.84. The molecule has 3 rings (SSSR count). The maximum absolute atomic E-state index is 12.4. The Morgan fingerprint density at radius 3 is 3.05 bits per heavy atom. The number of H-pyrrole nitrogens is 1. The molecule has 1 aliphatic heterocycles. The van der Waals surface area contributed by atoms with Gasteiger partial charge in [-0.2, -0.15) is 5.26 Å². The molecule has 2 heterocycles. The van der Waals surface area contributed by atoms with Gasteiger partial charge in [-0.1, -0.05) is 0 Å². The van der Waals surface area contributed by atoms with Crippen molar-refractivity contribution in [2.45, 2.75) is 6.10 Å². The first-order valence-electron chi connectivity index (χ1n) is 6.04. The lowest BCUT2D eigenvalue weighted by molar-refractivity contribution is -0.0718. The number of hydrogen-bond acceptors (Lipinski definition) is 4. The second-order valence-electron chi connectivity index (χ2n) is 4.37. The van der Waals surface area contributed by atoms with Crippen molar-refractivity contribution in [2.24, 2.45) is 0 Å². The van der Waals surface area contributed by atoms with E-state index in [4.69, 9.17) is 14.7 Å². The lowest BCUT2D eigenvalue weighted by Crippen LogP contribution is -2.35. The molecule has 0 bridgehead atoms. The van der Waals surface area contributed by atoms with Crippen LogP contribution in [0.2, 0.25) is 0 Å². The molecule has 96 valence electrons. The first kappa shape index (κ1) is 11.9. The van der Waals surface area contributed by atoms with Crippen molar-refractivity contribution in [1.29, 1.82) is 5.26 Å². The largest absolute Gasteiger partial charge is 0.376 e. The molecule has 0 amide bonds. The number of carbonyl (C=O) groups excluding carboxylic acids is 1. The summed E-state index contributed by atoms with van der Waals surface area (Å²) in [6.07, 6.45) is 1.10. The molecule has 2 aromatic rings. The fourth-order valence-electron chi connectivity index (χ4n) is 2.21. The van der Waals surface area contributed by atoms with Crippen LogP contribution in [0.4, 0.5) is 0 Å². The molecule has 0 saturated carbocycles. The van der Waals surface area contributed by atoms with Gasteiger partial charge < -0.3 is 14.5 Å². The number of benzene rings is 1. The third-order valence-corrected chi connectivity index (χ3v) is 3.18. The Labute approximate surface area is 109 Å². The summed E-state index contributed by atoms with van der Waals surface area (Å²) in [4.78, 5) is 15.4. The first-order valence-corrected chi connectivity index (χ1v) is 6.04. The minimum Gasteiger partial charge on any atom is -0.376 e. The number of hydrogen-bond donors (Lipinski definition) is 1. The summed E-state index contributed by atoms with van der Waals surface area (Å²) in [6, 6.07) is 7.29. The number of rotatable bonds is 2. The number of fused-ring (bicyclic) bond motifs is 1. The van der Waals surface area contributed by atoms with Crippen LogP contribution in [0.5, 0.6) is 0 Å². The lowest BCUT2D eigenvalue weighted by Gasteiger charge is -2.21. The lowest BCUT2D eigenvalue weighted by atomic mass is 10.0. The van der Waals surface area contributed by atoms with Crippen molar-refractivity contribution < 1.29 is 14.3 Å². The summed E-state index contributed by atoms with van der Waals surface area (Å²) in [5.41, 5.74) is 1.91. The van der Waals surface area contributed by atoms with E-state index in [9.17, 15) is 4.79 Å². The first-order chi connectivity index (χ1) is 9.29. The second-order valence-corrected chi connectivity index (χ2v) is 4.37. The van der Waals surface area contributed by atoms with Gasteiger partial charge in [-0.05, 0) is 18.2 Å². The molecular formula is C14H12N2O3. The molecule has 1 fully saturated rings. The maximum Gasteiger partial charge on any atom is 0.196 e. The number of carbonyl (C=O) groups is 1. The van der Waals surface area contributed by atoms with Crippen LogP contribution in [0.3, 0.4) is 0 Å². The van der Waals surface area contributed by atoms with Gasteiger partial charge in [0.25, 0.3) is 0 Å². The Morgan fingerprint density at radius 2 is 2.32 bits per heavy atom. The molecule has 1 aliphatic rings. The van der Waals surface area contributed by atoms with E-state index in [0.717, 1.165) is 10.9 Å². The van der Waals surface area contributed by atoms with Crippen molar-refractivity contribution >= 4 is 16.7 Å². The Hall–Kier alpha value is -2.16. The normalized spacial score (nSPS) is 19.2. The van der Waals surface area contributed by atoms with E-state index in [-0.39, 0.29) is 12.4 Å². The third kappa shape index (κ3) is 2.12. The minimum atomic E-state index is -0.557. The minimum absolute atomic E-state index is 0.110. The number of nitrogens with zero attached hydrogens (tertiary/aromatic N) is 1. The molecular weight excluding hydrogens is 244 g/mol. The molecule has 1 unspecified atom stereocenters. The standard InChI is InChI=1S/C14H12N2O3/c15-6-9-1-2-12-10(5-9)11(7-16-12)14(17)13-8-18-3-4-19-13/h1-2,5,7,13,16H,3-4,8H2. The quantitative estimate of drug-likeness (QED) is 0.829. The van der Waals surface area contributed by atoms with Crippen molar-refractivity contribution in [2.75, 3.05) is 19.8 Å². The van der Waals surface area contributed by atoms with E-state index in [1.54, 1.807) is 24.4 Å². The molecule has 1 N–H and O–H groups in total. The highest BCUT2D eigenvalue weighted by Crippen LogP contribution is 2.22. The molecule has 19 heavy (non-hydrogen) atoms. The van der Waals surface area contributed by atoms with Crippen molar-refractivity contribution in [3.05, 3.63) is 35.5 Å². The maximum atomic E-state index is 12.4. The molecule has 1 aromatic heterocycles. The van der Waals surface area contributed by atoms with Gasteiger partial charge in [0.15, 0.2) is 5.78 Å². The number of nitriles is 1. The van der Waals surface area contributed by atoms with Crippen molar-refractivity contribution in [3.63, 3.8) is 0 Å². The van der Waals surface area contributed by atoms with Crippen molar-refractivity contribution in [1.82, 2.24) is 4.98 Å². The Bertz CT molecular complexity index is 663. The molecule has 5 nitrogen and oxygen atoms in total. The number of aromatic amines is 1. The van der Waals surface area contributed by atoms with Crippen LogP contribution in [0.25, 0.3) is 10.9 Å². The highest BCUT2D eigenvalue weighted by atomic mass is 16.6. The fraction of sp³-hybridized carbons (Fsp3) is 0.286. The highest BCUT2D eigenvalue weighted by molar-refractivity contribution is 6.10. The van der Waals surface area contributed by atoms with Gasteiger partial charge in [0, 0.05) is 22.7 Å². The summed E-state index contributed by atoms with van der Waals surface area (Å²) >= 11 is 0. The third-order valence-electron chi connectivity index (χ3n) is 3.18. The van der Waals surface area contributed by atoms with Crippen LogP contribution < -0.4 is 0 Å². The molecule has 0 aliphatic carbocycles. The van der Waals surface area contributed by atoms with Gasteiger partial charge in [0.05, 0.1) is 31.5 Å². The van der Waals surface area contributed by atoms with Crippen LogP contribution in [-0.4, -0.2) is 36.7 Å². The number of aromatic nitrogens is 1. The van der Waals surface area contributed by atoms with Gasteiger partial charge in [-0.25, -0.2) is 0 Å². The van der Waals surface area contributed by atoms with Gasteiger partial charge in [-0.15, -0.1) is 0 Å². The topological polar surface area (TPSA) is 75.1 Å². The number of ether oxygens (including phenoxy) is 2. The predicted octanol–water partition coefficient (Wildman–Crippen LogP) is 1.64. The van der Waals surface area contributed by atoms with E-state index in [2.05, 4.69) is 11.1 Å². The monoisotopic (exact) mass is 256 g/mol. The summed E-state index contributed by atoms with van der Waals surface area (Å²) < 4.78 is 10.7. The van der Waals surface area contributed by atoms with Gasteiger partial charge in [0.2, 0.25) is 0 Å². The molecule has 1 atom stereocenters. The average Bonchev–Trinajstić information content (AvgIpc) is 2.90. The molecule has 0 spiro atoms. The zero-order chi connectivity index (χ0) is 13.2. The van der Waals surface area contributed by atoms with E-state index >= 15 is 0 Å². The van der Waals surface area contributed by atoms with E-state index in [1.807, 2.05) is 0 Å². The predicted molar refractivity (Wildman–Crippen MR) is 67.9 cm³/mol. The highest BCUT2D eigenvalue weighted by Gasteiger charge is 2.26. The zero-order valence-electron chi connectivity index (χ0n) is 10.2. The number of Topliss-reactive ketones (excluding diaryl/α,β-unsaturated/α-hetero) is 1. The van der Waals surface area contributed by atoms with E-state index < -0.39 is 6.10 Å². The van der Waals surface area contributed by atoms with Gasteiger partial charge in [-0.3, -0.25) is 4.79 Å². The zero-order valence-corrected chi connectivity index (χ0v) is 10.2. The van der Waals surface area contributed by atoms with Gasteiger partial charge in [0.1, 0.15) is 6.10 Å². The summed E-state index contributed by atoms with van der Waals surface area (Å²) in [7, 11) is 0. The molecule has 5 heteroatoms. The Balaban J connectivity index is 2.00. The molecule has 0 radical (unpaired) electrons.